The van der Waals surface area contributed by atoms with E-state index in [1.165, 1.54) is 6.92 Å². The van der Waals surface area contributed by atoms with Crippen LogP contribution >= 0.6 is 0 Å². The standard InChI is InChI=1S/C17H27N3O2/c1-12(2)16(19-14(4)21)17(22)18-11-13(3)20(5)15-9-7-6-8-10-15/h6-10,12-13,16H,11H2,1-5H3,(H,18,22)(H,19,21)/t13-,16+/m0/s1. The smallest absolute Gasteiger partial charge is 0.242 e. The molecule has 1 rings (SSSR count). The van der Waals surface area contributed by atoms with Gasteiger partial charge in [0.25, 0.3) is 0 Å². The minimum Gasteiger partial charge on any atom is -0.370 e. The first-order chi connectivity index (χ1) is 10.3. The molecule has 0 radical (unpaired) electrons. The number of amides is 2. The summed E-state index contributed by atoms with van der Waals surface area (Å²) in [6.07, 6.45) is 0. The highest BCUT2D eigenvalue weighted by Crippen LogP contribution is 2.13. The van der Waals surface area contributed by atoms with Crippen LogP contribution in [0.5, 0.6) is 0 Å². The highest BCUT2D eigenvalue weighted by atomic mass is 16.2. The molecular weight excluding hydrogens is 278 g/mol. The van der Waals surface area contributed by atoms with E-state index in [0.29, 0.717) is 6.54 Å². The molecular formula is C17H27N3O2. The van der Waals surface area contributed by atoms with E-state index in [0.717, 1.165) is 5.69 Å². The molecule has 0 spiro atoms. The number of rotatable bonds is 7. The third-order valence-electron chi connectivity index (χ3n) is 3.70. The highest BCUT2D eigenvalue weighted by Gasteiger charge is 2.23. The molecule has 2 amide bonds. The van der Waals surface area contributed by atoms with Crippen LogP contribution in [0.4, 0.5) is 5.69 Å². The number of nitrogens with one attached hydrogen (secondary N) is 2. The third-order valence-corrected chi connectivity index (χ3v) is 3.70. The summed E-state index contributed by atoms with van der Waals surface area (Å²) in [5, 5.41) is 5.62. The average Bonchev–Trinajstić information content (AvgIpc) is 2.49. The zero-order chi connectivity index (χ0) is 16.7. The lowest BCUT2D eigenvalue weighted by Crippen LogP contribution is -2.51. The quantitative estimate of drug-likeness (QED) is 0.807. The molecule has 5 nitrogen and oxygen atoms in total. The number of nitrogens with zero attached hydrogens (tertiary/aromatic N) is 1. The summed E-state index contributed by atoms with van der Waals surface area (Å²) in [6, 6.07) is 9.68. The lowest BCUT2D eigenvalue weighted by Gasteiger charge is -2.28. The minimum atomic E-state index is -0.494. The fraction of sp³-hybridized carbons (Fsp3) is 0.529. The molecule has 0 aromatic heterocycles. The summed E-state index contributed by atoms with van der Waals surface area (Å²) in [4.78, 5) is 25.5. The summed E-state index contributed by atoms with van der Waals surface area (Å²) < 4.78 is 0. The van der Waals surface area contributed by atoms with Gasteiger partial charge in [-0.05, 0) is 25.0 Å². The van der Waals surface area contributed by atoms with Crippen molar-refractivity contribution in [1.82, 2.24) is 10.6 Å². The maximum absolute atomic E-state index is 12.2. The fourth-order valence-corrected chi connectivity index (χ4v) is 2.17. The van der Waals surface area contributed by atoms with Crippen LogP contribution in [-0.4, -0.2) is 37.5 Å². The van der Waals surface area contributed by atoms with Crippen LogP contribution in [0.3, 0.4) is 0 Å². The predicted molar refractivity (Wildman–Crippen MR) is 89.8 cm³/mol. The summed E-state index contributed by atoms with van der Waals surface area (Å²) in [5.74, 6) is -0.284. The number of hydrogen-bond donors (Lipinski definition) is 2. The van der Waals surface area contributed by atoms with Crippen LogP contribution in [0.15, 0.2) is 30.3 Å². The molecule has 1 aromatic rings. The maximum atomic E-state index is 12.2. The van der Waals surface area contributed by atoms with E-state index in [9.17, 15) is 9.59 Å². The SMILES string of the molecule is CC(=O)N[C@@H](C(=O)NC[C@H](C)N(C)c1ccccc1)C(C)C. The van der Waals surface area contributed by atoms with Crippen LogP contribution in [0.25, 0.3) is 0 Å². The van der Waals surface area contributed by atoms with E-state index in [4.69, 9.17) is 0 Å². The Balaban J connectivity index is 2.56. The number of para-hydroxylation sites is 1. The van der Waals surface area contributed by atoms with E-state index < -0.39 is 6.04 Å². The molecule has 0 saturated carbocycles. The van der Waals surface area contributed by atoms with Crippen molar-refractivity contribution in [2.75, 3.05) is 18.5 Å². The van der Waals surface area contributed by atoms with Gasteiger partial charge < -0.3 is 15.5 Å². The molecule has 0 bridgehead atoms. The van der Waals surface area contributed by atoms with Crippen LogP contribution in [0.1, 0.15) is 27.7 Å². The number of carbonyl (C=O) groups excluding carboxylic acids is 2. The molecule has 0 aliphatic carbocycles. The Morgan fingerprint density at radius 2 is 1.73 bits per heavy atom. The Labute approximate surface area is 133 Å². The second kappa shape index (κ2) is 8.41. The second-order valence-corrected chi connectivity index (χ2v) is 5.96. The van der Waals surface area contributed by atoms with Crippen molar-refractivity contribution in [2.45, 2.75) is 39.8 Å². The Morgan fingerprint density at radius 3 is 2.23 bits per heavy atom. The van der Waals surface area contributed by atoms with Crippen LogP contribution in [-0.2, 0) is 9.59 Å². The van der Waals surface area contributed by atoms with Gasteiger partial charge in [0.15, 0.2) is 0 Å². The molecule has 22 heavy (non-hydrogen) atoms. The lowest BCUT2D eigenvalue weighted by molar-refractivity contribution is -0.129. The number of anilines is 1. The molecule has 1 aromatic carbocycles. The molecule has 0 fully saturated rings. The third kappa shape index (κ3) is 5.39. The summed E-state index contributed by atoms with van der Waals surface area (Å²) in [7, 11) is 2.00. The molecule has 0 aliphatic heterocycles. The first kappa shape index (κ1) is 18.0. The van der Waals surface area contributed by atoms with Gasteiger partial charge in [-0.15, -0.1) is 0 Å². The maximum Gasteiger partial charge on any atom is 0.242 e. The predicted octanol–water partition coefficient (Wildman–Crippen LogP) is 1.79. The highest BCUT2D eigenvalue weighted by molar-refractivity contribution is 5.87. The number of carbonyl (C=O) groups is 2. The Kier molecular flexibility index (Phi) is 6.89. The average molecular weight is 305 g/mol. The monoisotopic (exact) mass is 305 g/mol. The second-order valence-electron chi connectivity index (χ2n) is 5.96. The molecule has 122 valence electrons. The van der Waals surface area contributed by atoms with Gasteiger partial charge in [-0.3, -0.25) is 9.59 Å². The molecule has 0 aliphatic rings. The van der Waals surface area contributed by atoms with Crippen molar-refractivity contribution >= 4 is 17.5 Å². The largest absolute Gasteiger partial charge is 0.370 e. The molecule has 2 N–H and O–H groups in total. The topological polar surface area (TPSA) is 61.4 Å². The summed E-state index contributed by atoms with van der Waals surface area (Å²) in [5.41, 5.74) is 1.10. The van der Waals surface area contributed by atoms with E-state index >= 15 is 0 Å². The first-order valence-corrected chi connectivity index (χ1v) is 7.65. The van der Waals surface area contributed by atoms with Gasteiger partial charge in [0.1, 0.15) is 6.04 Å². The van der Waals surface area contributed by atoms with E-state index in [-0.39, 0.29) is 23.8 Å². The lowest BCUT2D eigenvalue weighted by atomic mass is 10.0. The molecule has 5 heteroatoms. The van der Waals surface area contributed by atoms with Gasteiger partial charge in [-0.1, -0.05) is 32.0 Å². The van der Waals surface area contributed by atoms with Gasteiger partial charge in [0.05, 0.1) is 0 Å². The first-order valence-electron chi connectivity index (χ1n) is 7.65. The molecule has 0 unspecified atom stereocenters. The van der Waals surface area contributed by atoms with E-state index in [2.05, 4.69) is 22.5 Å². The molecule has 0 saturated heterocycles. The van der Waals surface area contributed by atoms with Crippen LogP contribution < -0.4 is 15.5 Å². The van der Waals surface area contributed by atoms with Crippen molar-refractivity contribution in [2.24, 2.45) is 5.92 Å². The van der Waals surface area contributed by atoms with Gasteiger partial charge in [0, 0.05) is 32.2 Å². The Hall–Kier alpha value is -2.04. The Bertz CT molecular complexity index is 488. The van der Waals surface area contributed by atoms with Crippen molar-refractivity contribution in [3.63, 3.8) is 0 Å². The van der Waals surface area contributed by atoms with Gasteiger partial charge in [-0.2, -0.15) is 0 Å². The van der Waals surface area contributed by atoms with Crippen molar-refractivity contribution < 1.29 is 9.59 Å². The number of likely N-dealkylation sites (N-methyl/N-ethyl adjacent to an activating group) is 1. The van der Waals surface area contributed by atoms with Crippen LogP contribution in [0, 0.1) is 5.92 Å². The zero-order valence-electron chi connectivity index (χ0n) is 14.1. The normalized spacial score (nSPS) is 13.4. The molecule has 2 atom stereocenters. The zero-order valence-corrected chi connectivity index (χ0v) is 14.1. The molecule has 0 heterocycles. The van der Waals surface area contributed by atoms with Gasteiger partial charge in [-0.25, -0.2) is 0 Å². The van der Waals surface area contributed by atoms with E-state index in [1.807, 2.05) is 51.2 Å². The fourth-order valence-electron chi connectivity index (χ4n) is 2.17. The van der Waals surface area contributed by atoms with Crippen LogP contribution in [0.2, 0.25) is 0 Å². The van der Waals surface area contributed by atoms with Crippen molar-refractivity contribution in [1.29, 1.82) is 0 Å². The summed E-state index contributed by atoms with van der Waals surface area (Å²) in [6.45, 7) is 7.83. The van der Waals surface area contributed by atoms with Crippen molar-refractivity contribution in [3.8, 4) is 0 Å². The Morgan fingerprint density at radius 1 is 1.14 bits per heavy atom. The number of benzene rings is 1. The van der Waals surface area contributed by atoms with Crippen molar-refractivity contribution in [3.05, 3.63) is 30.3 Å². The van der Waals surface area contributed by atoms with Gasteiger partial charge in [0.2, 0.25) is 11.8 Å². The minimum absolute atomic E-state index is 0.0473. The van der Waals surface area contributed by atoms with E-state index in [1.54, 1.807) is 0 Å². The van der Waals surface area contributed by atoms with Gasteiger partial charge >= 0.3 is 0 Å². The summed E-state index contributed by atoms with van der Waals surface area (Å²) >= 11 is 0. The number of hydrogen-bond acceptors (Lipinski definition) is 3.